The summed E-state index contributed by atoms with van der Waals surface area (Å²) in [5.41, 5.74) is 3.88. The van der Waals surface area contributed by atoms with E-state index < -0.39 is 0 Å². The molecule has 1 heterocycles. The monoisotopic (exact) mass is 340 g/mol. The average Bonchev–Trinajstić information content (AvgIpc) is 2.66. The Kier molecular flexibility index (Phi) is 6.86. The van der Waals surface area contributed by atoms with E-state index in [1.54, 1.807) is 0 Å². The Morgan fingerprint density at radius 1 is 0.960 bits per heavy atom. The fourth-order valence-electron chi connectivity index (χ4n) is 3.07. The zero-order chi connectivity index (χ0) is 17.3. The van der Waals surface area contributed by atoms with Crippen LogP contribution in [0.3, 0.4) is 0 Å². The van der Waals surface area contributed by atoms with E-state index in [-0.39, 0.29) is 0 Å². The average molecular weight is 340 g/mol. The molecule has 3 rings (SSSR count). The maximum absolute atomic E-state index is 5.67. The molecule has 0 aliphatic carbocycles. The van der Waals surface area contributed by atoms with Gasteiger partial charge in [0.25, 0.3) is 0 Å². The topological polar surface area (TPSA) is 33.7 Å². The van der Waals surface area contributed by atoms with Gasteiger partial charge in [-0.1, -0.05) is 42.5 Å². The number of hydrogen-bond acceptors (Lipinski definition) is 4. The third kappa shape index (κ3) is 5.56. The molecule has 1 aliphatic rings. The lowest BCUT2D eigenvalue weighted by atomic mass is 10.1. The van der Waals surface area contributed by atoms with E-state index >= 15 is 0 Å². The molecule has 1 aliphatic heterocycles. The van der Waals surface area contributed by atoms with Gasteiger partial charge < -0.3 is 14.8 Å². The minimum absolute atomic E-state index is 0.696. The summed E-state index contributed by atoms with van der Waals surface area (Å²) in [5, 5.41) is 3.51. The van der Waals surface area contributed by atoms with Crippen LogP contribution in [0.5, 0.6) is 5.75 Å². The molecule has 0 amide bonds. The molecule has 2 aromatic carbocycles. The van der Waals surface area contributed by atoms with Crippen LogP contribution in [-0.2, 0) is 24.4 Å². The summed E-state index contributed by atoms with van der Waals surface area (Å²) in [6, 6.07) is 17.1. The number of benzene rings is 2. The van der Waals surface area contributed by atoms with Gasteiger partial charge >= 0.3 is 0 Å². The first-order chi connectivity index (χ1) is 12.3. The Hall–Kier alpha value is -1.88. The molecule has 134 valence electrons. The second kappa shape index (κ2) is 9.56. The smallest absolute Gasteiger partial charge is 0.123 e. The fourth-order valence-corrected chi connectivity index (χ4v) is 3.07. The third-order valence-corrected chi connectivity index (χ3v) is 4.45. The molecular formula is C21H28N2O2. The van der Waals surface area contributed by atoms with Gasteiger partial charge in [-0.3, -0.25) is 4.90 Å². The van der Waals surface area contributed by atoms with Crippen LogP contribution in [0, 0.1) is 0 Å². The van der Waals surface area contributed by atoms with E-state index in [0.29, 0.717) is 6.61 Å². The summed E-state index contributed by atoms with van der Waals surface area (Å²) < 4.78 is 11.1. The van der Waals surface area contributed by atoms with Gasteiger partial charge in [0.15, 0.2) is 0 Å². The molecule has 1 N–H and O–H groups in total. The molecule has 2 aromatic rings. The van der Waals surface area contributed by atoms with Crippen molar-refractivity contribution in [1.29, 1.82) is 0 Å². The van der Waals surface area contributed by atoms with Gasteiger partial charge in [-0.15, -0.1) is 0 Å². The standard InChI is InChI=1S/C21H28N2O2/c1-2-25-21-6-4-3-5-20(21)16-22-15-18-7-9-19(10-8-18)17-23-11-13-24-14-12-23/h3-10,22H,2,11-17H2,1H3. The van der Waals surface area contributed by atoms with Crippen LogP contribution in [0.4, 0.5) is 0 Å². The van der Waals surface area contributed by atoms with Crippen molar-refractivity contribution in [3.63, 3.8) is 0 Å². The van der Waals surface area contributed by atoms with E-state index in [1.807, 2.05) is 19.1 Å². The summed E-state index contributed by atoms with van der Waals surface area (Å²) in [5.74, 6) is 0.971. The second-order valence-corrected chi connectivity index (χ2v) is 6.35. The largest absolute Gasteiger partial charge is 0.494 e. The molecule has 4 nitrogen and oxygen atoms in total. The Balaban J connectivity index is 1.47. The van der Waals surface area contributed by atoms with E-state index in [0.717, 1.165) is 51.7 Å². The van der Waals surface area contributed by atoms with Crippen molar-refractivity contribution in [2.24, 2.45) is 0 Å². The van der Waals surface area contributed by atoms with Crippen molar-refractivity contribution in [1.82, 2.24) is 10.2 Å². The zero-order valence-corrected chi connectivity index (χ0v) is 15.0. The molecule has 0 bridgehead atoms. The number of nitrogens with one attached hydrogen (secondary N) is 1. The molecule has 0 spiro atoms. The van der Waals surface area contributed by atoms with Crippen molar-refractivity contribution in [2.75, 3.05) is 32.9 Å². The number of hydrogen-bond donors (Lipinski definition) is 1. The van der Waals surface area contributed by atoms with Gasteiger partial charge in [-0.05, 0) is 24.1 Å². The highest BCUT2D eigenvalue weighted by Gasteiger charge is 2.10. The Morgan fingerprint density at radius 2 is 1.68 bits per heavy atom. The van der Waals surface area contributed by atoms with E-state index in [2.05, 4.69) is 46.6 Å². The summed E-state index contributed by atoms with van der Waals surface area (Å²) in [6.07, 6.45) is 0. The van der Waals surface area contributed by atoms with Crippen LogP contribution in [0.15, 0.2) is 48.5 Å². The van der Waals surface area contributed by atoms with E-state index in [4.69, 9.17) is 9.47 Å². The molecule has 0 aromatic heterocycles. The SMILES string of the molecule is CCOc1ccccc1CNCc1ccc(CN2CCOCC2)cc1. The highest BCUT2D eigenvalue weighted by atomic mass is 16.5. The number of rotatable bonds is 8. The minimum atomic E-state index is 0.696. The van der Waals surface area contributed by atoms with E-state index in [9.17, 15) is 0 Å². The van der Waals surface area contributed by atoms with Gasteiger partial charge in [0, 0.05) is 38.3 Å². The lowest BCUT2D eigenvalue weighted by Gasteiger charge is -2.26. The Labute approximate surface area is 150 Å². The maximum atomic E-state index is 5.67. The number of morpholine rings is 1. The molecule has 0 radical (unpaired) electrons. The van der Waals surface area contributed by atoms with Gasteiger partial charge in [-0.2, -0.15) is 0 Å². The third-order valence-electron chi connectivity index (χ3n) is 4.45. The first-order valence-corrected chi connectivity index (χ1v) is 9.14. The minimum Gasteiger partial charge on any atom is -0.494 e. The first kappa shape index (κ1) is 17.9. The summed E-state index contributed by atoms with van der Waals surface area (Å²) in [6.45, 7) is 9.16. The van der Waals surface area contributed by atoms with Crippen LogP contribution >= 0.6 is 0 Å². The van der Waals surface area contributed by atoms with Crippen molar-refractivity contribution in [2.45, 2.75) is 26.6 Å². The van der Waals surface area contributed by atoms with Crippen molar-refractivity contribution in [3.8, 4) is 5.75 Å². The lowest BCUT2D eigenvalue weighted by Crippen LogP contribution is -2.35. The first-order valence-electron chi connectivity index (χ1n) is 9.14. The van der Waals surface area contributed by atoms with E-state index in [1.165, 1.54) is 16.7 Å². The van der Waals surface area contributed by atoms with Crippen LogP contribution in [-0.4, -0.2) is 37.8 Å². The second-order valence-electron chi connectivity index (χ2n) is 6.35. The van der Waals surface area contributed by atoms with Crippen LogP contribution in [0.1, 0.15) is 23.6 Å². The van der Waals surface area contributed by atoms with Crippen molar-refractivity contribution in [3.05, 3.63) is 65.2 Å². The molecule has 25 heavy (non-hydrogen) atoms. The summed E-state index contributed by atoms with van der Waals surface area (Å²) in [7, 11) is 0. The van der Waals surface area contributed by atoms with Crippen LogP contribution in [0.25, 0.3) is 0 Å². The Bertz CT molecular complexity index is 637. The maximum Gasteiger partial charge on any atom is 0.123 e. The normalized spacial score (nSPS) is 15.2. The van der Waals surface area contributed by atoms with Crippen molar-refractivity contribution >= 4 is 0 Å². The number of para-hydroxylation sites is 1. The number of nitrogens with zero attached hydrogens (tertiary/aromatic N) is 1. The van der Waals surface area contributed by atoms with Crippen LogP contribution in [0.2, 0.25) is 0 Å². The fraction of sp³-hybridized carbons (Fsp3) is 0.429. The highest BCUT2D eigenvalue weighted by molar-refractivity contribution is 5.33. The molecule has 4 heteroatoms. The quantitative estimate of drug-likeness (QED) is 0.800. The molecule has 1 saturated heterocycles. The zero-order valence-electron chi connectivity index (χ0n) is 15.0. The molecular weight excluding hydrogens is 312 g/mol. The number of ether oxygens (including phenoxy) is 2. The molecule has 0 atom stereocenters. The summed E-state index contributed by atoms with van der Waals surface area (Å²) in [4.78, 5) is 2.45. The van der Waals surface area contributed by atoms with Crippen LogP contribution < -0.4 is 10.1 Å². The lowest BCUT2D eigenvalue weighted by molar-refractivity contribution is 0.0342. The predicted molar refractivity (Wildman–Crippen MR) is 101 cm³/mol. The highest BCUT2D eigenvalue weighted by Crippen LogP contribution is 2.17. The summed E-state index contributed by atoms with van der Waals surface area (Å²) >= 11 is 0. The molecule has 0 saturated carbocycles. The Morgan fingerprint density at radius 3 is 2.44 bits per heavy atom. The van der Waals surface area contributed by atoms with Gasteiger partial charge in [0.2, 0.25) is 0 Å². The van der Waals surface area contributed by atoms with Gasteiger partial charge in [-0.25, -0.2) is 0 Å². The van der Waals surface area contributed by atoms with Gasteiger partial charge in [0.05, 0.1) is 19.8 Å². The van der Waals surface area contributed by atoms with Crippen molar-refractivity contribution < 1.29 is 9.47 Å². The molecule has 1 fully saturated rings. The molecule has 0 unspecified atom stereocenters. The van der Waals surface area contributed by atoms with Gasteiger partial charge in [0.1, 0.15) is 5.75 Å². The predicted octanol–water partition coefficient (Wildman–Crippen LogP) is 3.21.